The molecule has 6 rings (SSSR count). The van der Waals surface area contributed by atoms with E-state index in [1.54, 1.807) is 55.4 Å². The quantitative estimate of drug-likeness (QED) is 0.100. The van der Waals surface area contributed by atoms with Crippen molar-refractivity contribution in [1.29, 1.82) is 0 Å². The molecule has 74 heavy (non-hydrogen) atoms. The number of hydrogen-bond acceptors (Lipinski definition) is 16. The van der Waals surface area contributed by atoms with Crippen LogP contribution in [0.25, 0.3) is 0 Å². The largest absolute Gasteiger partial charge is 0.464 e. The number of aliphatic hydroxyl groups is 1. The third kappa shape index (κ3) is 16.6. The highest BCUT2D eigenvalue weighted by molar-refractivity contribution is 7.86. The van der Waals surface area contributed by atoms with Crippen molar-refractivity contribution in [2.24, 2.45) is 11.8 Å². The van der Waals surface area contributed by atoms with Crippen LogP contribution in [0, 0.1) is 11.8 Å². The van der Waals surface area contributed by atoms with Gasteiger partial charge in [-0.1, -0.05) is 50.0 Å². The van der Waals surface area contributed by atoms with Gasteiger partial charge in [0.25, 0.3) is 10.1 Å². The van der Waals surface area contributed by atoms with Crippen molar-refractivity contribution < 1.29 is 75.0 Å². The molecular weight excluding hydrogens is 985 g/mol. The molecule has 6 aliphatic rings. The average molecular weight is 1070 g/mol. The first-order valence-electron chi connectivity index (χ1n) is 26.1. The van der Waals surface area contributed by atoms with Gasteiger partial charge in [-0.2, -0.15) is 8.42 Å². The lowest BCUT2D eigenvalue weighted by Crippen LogP contribution is -2.56. The van der Waals surface area contributed by atoms with Crippen molar-refractivity contribution in [3.63, 3.8) is 0 Å². The van der Waals surface area contributed by atoms with E-state index >= 15 is 0 Å². The Kier molecular flexibility index (Phi) is 20.2. The Balaban J connectivity index is 0.000000276. The monoisotopic (exact) mass is 1060 g/mol. The Bertz CT molecular complexity index is 2240. The number of carbonyl (C=O) groups excluding carboxylic acids is 8. The van der Waals surface area contributed by atoms with Crippen molar-refractivity contribution >= 4 is 57.9 Å². The molecular formula is C51H80N6O16S. The number of fused-ring (bicyclic) bond motifs is 4. The summed E-state index contributed by atoms with van der Waals surface area (Å²) in [5.41, 5.74) is -3.91. The molecule has 0 aromatic carbocycles. The summed E-state index contributed by atoms with van der Waals surface area (Å²) in [6.07, 6.45) is 13.1. The highest BCUT2D eigenvalue weighted by Crippen LogP contribution is 2.47. The number of hydrogen-bond donors (Lipinski definition) is 5. The van der Waals surface area contributed by atoms with Crippen LogP contribution in [0.15, 0.2) is 24.3 Å². The Labute approximate surface area is 435 Å². The fraction of sp³-hybridized carbons (Fsp3) is 0.765. The van der Waals surface area contributed by atoms with Crippen molar-refractivity contribution in [2.45, 2.75) is 204 Å². The molecule has 5 N–H and O–H groups in total. The third-order valence-corrected chi connectivity index (χ3v) is 14.1. The van der Waals surface area contributed by atoms with Gasteiger partial charge in [0.05, 0.1) is 31.7 Å². The molecule has 2 saturated carbocycles. The molecule has 4 aliphatic heterocycles. The molecule has 4 fully saturated rings. The minimum Gasteiger partial charge on any atom is -0.464 e. The van der Waals surface area contributed by atoms with Gasteiger partial charge in [-0.05, 0) is 107 Å². The van der Waals surface area contributed by atoms with Gasteiger partial charge < -0.3 is 55.1 Å². The van der Waals surface area contributed by atoms with Crippen LogP contribution in [-0.2, 0) is 62.0 Å². The number of ether oxygens (including phenoxy) is 4. The SMILES string of the molecule is CCOC(=O)[C@@]12C[C@H]1/C=C\CCCCC[C@H](NC(=O)OC(C)(C)C)C(=O)N1CC(OS(C)(=O)=O)C[C@H]1C(=O)N2.CCOC(=O)[C@@]12C[C@H]1/C=C\CCCCC[C@H](NC(=O)OC(C)(C)C)C(=O)N1C[C@@H](O)C[C@H]1C(=O)N2. The molecule has 10 atom stereocenters. The maximum atomic E-state index is 13.8. The van der Waals surface area contributed by atoms with Crippen LogP contribution in [0.4, 0.5) is 9.59 Å². The summed E-state index contributed by atoms with van der Waals surface area (Å²) in [5, 5.41) is 21.3. The van der Waals surface area contributed by atoms with Gasteiger partial charge >= 0.3 is 24.1 Å². The van der Waals surface area contributed by atoms with E-state index in [0.717, 1.165) is 44.8 Å². The summed E-state index contributed by atoms with van der Waals surface area (Å²) < 4.78 is 50.0. The van der Waals surface area contributed by atoms with E-state index in [4.69, 9.17) is 23.1 Å². The number of aliphatic hydroxyl groups excluding tert-OH is 1. The zero-order valence-corrected chi connectivity index (χ0v) is 45.3. The van der Waals surface area contributed by atoms with Gasteiger partial charge in [-0.15, -0.1) is 0 Å². The van der Waals surface area contributed by atoms with Gasteiger partial charge in [0, 0.05) is 37.8 Å². The lowest BCUT2D eigenvalue weighted by molar-refractivity contribution is -0.150. The number of amides is 6. The average Bonchev–Trinajstić information content (AvgIpc) is 4.05. The Hall–Kier alpha value is -5.29. The summed E-state index contributed by atoms with van der Waals surface area (Å²) in [6, 6.07) is -3.96. The number of allylic oxidation sites excluding steroid dienone is 2. The van der Waals surface area contributed by atoms with E-state index < -0.39 is 117 Å². The predicted octanol–water partition coefficient (Wildman–Crippen LogP) is 3.58. The van der Waals surface area contributed by atoms with Gasteiger partial charge in [0.15, 0.2) is 0 Å². The highest BCUT2D eigenvalue weighted by atomic mass is 32.2. The van der Waals surface area contributed by atoms with Gasteiger partial charge in [0.2, 0.25) is 23.6 Å². The predicted molar refractivity (Wildman–Crippen MR) is 268 cm³/mol. The van der Waals surface area contributed by atoms with Crippen LogP contribution in [0.5, 0.6) is 0 Å². The molecule has 1 unspecified atom stereocenters. The van der Waals surface area contributed by atoms with E-state index in [2.05, 4.69) is 21.3 Å². The number of carbonyl (C=O) groups is 8. The fourth-order valence-corrected chi connectivity index (χ4v) is 10.5. The Morgan fingerprint density at radius 2 is 1.09 bits per heavy atom. The molecule has 0 aromatic heterocycles. The normalized spacial score (nSPS) is 31.9. The second-order valence-corrected chi connectivity index (χ2v) is 23.7. The van der Waals surface area contributed by atoms with E-state index in [0.29, 0.717) is 38.5 Å². The fourth-order valence-electron chi connectivity index (χ4n) is 9.85. The van der Waals surface area contributed by atoms with Gasteiger partial charge in [-0.25, -0.2) is 19.2 Å². The zero-order chi connectivity index (χ0) is 54.8. The number of nitrogens with zero attached hydrogens (tertiary/aromatic N) is 2. The molecule has 0 spiro atoms. The van der Waals surface area contributed by atoms with Crippen LogP contribution in [-0.4, -0.2) is 162 Å². The Morgan fingerprint density at radius 1 is 0.676 bits per heavy atom. The minimum absolute atomic E-state index is 0.0286. The minimum atomic E-state index is -3.87. The second-order valence-electron chi connectivity index (χ2n) is 22.1. The van der Waals surface area contributed by atoms with Gasteiger partial charge in [-0.3, -0.25) is 23.4 Å². The summed E-state index contributed by atoms with van der Waals surface area (Å²) in [6.45, 7) is 13.8. The van der Waals surface area contributed by atoms with Crippen molar-refractivity contribution in [1.82, 2.24) is 31.1 Å². The number of alkyl carbamates (subject to hydrolysis) is 2. The van der Waals surface area contributed by atoms with Crippen LogP contribution >= 0.6 is 0 Å². The first-order chi connectivity index (χ1) is 34.6. The van der Waals surface area contributed by atoms with Crippen LogP contribution in [0.3, 0.4) is 0 Å². The molecule has 2 saturated heterocycles. The van der Waals surface area contributed by atoms with Crippen LogP contribution in [0.2, 0.25) is 0 Å². The van der Waals surface area contributed by atoms with E-state index in [-0.39, 0.29) is 51.0 Å². The maximum Gasteiger partial charge on any atom is 0.408 e. The number of esters is 2. The van der Waals surface area contributed by atoms with Crippen molar-refractivity contribution in [3.05, 3.63) is 24.3 Å². The molecule has 6 amide bonds. The molecule has 23 heteroatoms. The summed E-state index contributed by atoms with van der Waals surface area (Å²) in [5.74, 6) is -3.59. The van der Waals surface area contributed by atoms with E-state index in [1.165, 1.54) is 9.80 Å². The molecule has 22 nitrogen and oxygen atoms in total. The zero-order valence-electron chi connectivity index (χ0n) is 44.5. The van der Waals surface area contributed by atoms with Gasteiger partial charge in [0.1, 0.15) is 46.4 Å². The Morgan fingerprint density at radius 3 is 1.50 bits per heavy atom. The number of rotatable bonds is 8. The van der Waals surface area contributed by atoms with Crippen molar-refractivity contribution in [3.8, 4) is 0 Å². The molecule has 0 bridgehead atoms. The van der Waals surface area contributed by atoms with E-state index in [1.807, 2.05) is 24.3 Å². The lowest BCUT2D eigenvalue weighted by atomic mass is 10.0. The molecule has 416 valence electrons. The molecule has 4 heterocycles. The third-order valence-electron chi connectivity index (χ3n) is 13.5. The topological polar surface area (TPSA) is 292 Å². The lowest BCUT2D eigenvalue weighted by Gasteiger charge is -2.30. The standard InChI is InChI=1S/C26H41N3O9S.C25H39N3O7/c1-6-36-23(32)26-15-17(26)12-10-8-7-9-11-13-19(27-24(33)37-25(2,3)4)22(31)29-16-18(38-39(5,34)35)14-20(29)21(30)28-26;1-5-34-22(32)25-14-16(25)11-9-7-6-8-10-12-18(26-23(33)35-24(2,3)4)21(31)28-15-17(29)13-19(28)20(30)27-25/h10,12,17-20H,6-9,11,13-16H2,1-5H3,(H,27,33)(H,28,30);9,11,16-19,29H,5-8,10,12-15H2,1-4H3,(H,26,33)(H,27,30)/b12-10-;11-9-/t17-,18?,19+,20+,26-;16-,17+,18+,19+,25-/m11/s1. The van der Waals surface area contributed by atoms with Crippen LogP contribution in [0.1, 0.15) is 145 Å². The first-order valence-corrected chi connectivity index (χ1v) is 27.9. The summed E-state index contributed by atoms with van der Waals surface area (Å²) in [7, 11) is -3.87. The molecule has 0 radical (unpaired) electrons. The first kappa shape index (κ1) is 59.6. The number of nitrogens with one attached hydrogen (secondary N) is 4. The summed E-state index contributed by atoms with van der Waals surface area (Å²) >= 11 is 0. The smallest absolute Gasteiger partial charge is 0.408 e. The maximum absolute atomic E-state index is 13.8. The van der Waals surface area contributed by atoms with Crippen molar-refractivity contribution in [2.75, 3.05) is 32.6 Å². The molecule has 2 aliphatic carbocycles. The van der Waals surface area contributed by atoms with Crippen LogP contribution < -0.4 is 21.3 Å². The summed E-state index contributed by atoms with van der Waals surface area (Å²) in [4.78, 5) is 107. The highest BCUT2D eigenvalue weighted by Gasteiger charge is 2.63. The van der Waals surface area contributed by atoms with E-state index in [9.17, 15) is 51.9 Å². The molecule has 0 aromatic rings. The second kappa shape index (κ2) is 25.0.